The predicted octanol–water partition coefficient (Wildman–Crippen LogP) is 4.29. The van der Waals surface area contributed by atoms with Crippen LogP contribution in [0, 0.1) is 5.82 Å². The number of thiazole rings is 1. The molecule has 0 amide bonds. The highest BCUT2D eigenvalue weighted by Crippen LogP contribution is 2.26. The number of nitrogens with one attached hydrogen (secondary N) is 1. The van der Waals surface area contributed by atoms with Crippen molar-refractivity contribution in [2.45, 2.75) is 6.92 Å². The second-order valence-electron chi connectivity index (χ2n) is 5.05. The van der Waals surface area contributed by atoms with Gasteiger partial charge in [-0.3, -0.25) is 4.79 Å². The molecule has 0 aliphatic rings. The van der Waals surface area contributed by atoms with Gasteiger partial charge in [0.25, 0.3) is 5.56 Å². The Balaban J connectivity index is 1.79. The Labute approximate surface area is 138 Å². The summed E-state index contributed by atoms with van der Waals surface area (Å²) in [6.07, 6.45) is 1.85. The van der Waals surface area contributed by atoms with Crippen LogP contribution in [0.15, 0.2) is 34.4 Å². The lowest BCUT2D eigenvalue weighted by Crippen LogP contribution is -2.09. The van der Waals surface area contributed by atoms with Crippen molar-refractivity contribution in [1.82, 2.24) is 15.0 Å². The normalized spacial score (nSPS) is 12.3. The number of nitrogens with zero attached hydrogens (tertiary/aromatic N) is 2. The number of halogens is 1. The van der Waals surface area contributed by atoms with Crippen LogP contribution in [0.1, 0.15) is 17.8 Å². The minimum absolute atomic E-state index is 0.148. The Bertz CT molecular complexity index is 1120. The van der Waals surface area contributed by atoms with Crippen LogP contribution in [0.5, 0.6) is 0 Å². The van der Waals surface area contributed by atoms with Gasteiger partial charge in [-0.2, -0.15) is 0 Å². The highest BCUT2D eigenvalue weighted by molar-refractivity contribution is 7.19. The van der Waals surface area contributed by atoms with Crippen LogP contribution in [-0.2, 0) is 0 Å². The number of hydrogen-bond donors (Lipinski definition) is 1. The second-order valence-corrected chi connectivity index (χ2v) is 7.00. The standard InChI is InChI=1S/C16H10FN3OS2/c1-8(14-19-15(21)10-4-5-22-16(10)20-14)6-13-18-11-3-2-9(17)7-12(11)23-13/h2-7H,1H3,(H,19,20,21). The van der Waals surface area contributed by atoms with Gasteiger partial charge in [-0.05, 0) is 48.2 Å². The summed E-state index contributed by atoms with van der Waals surface area (Å²) in [4.78, 5) is 24.4. The zero-order chi connectivity index (χ0) is 16.0. The van der Waals surface area contributed by atoms with Crippen molar-refractivity contribution in [3.8, 4) is 0 Å². The highest BCUT2D eigenvalue weighted by atomic mass is 32.1. The number of thiophene rings is 1. The molecule has 7 heteroatoms. The summed E-state index contributed by atoms with van der Waals surface area (Å²) in [5.41, 5.74) is 1.41. The third-order valence-corrected chi connectivity index (χ3v) is 5.19. The number of allylic oxidation sites excluding steroid dienone is 1. The van der Waals surface area contributed by atoms with Crippen LogP contribution in [0.2, 0.25) is 0 Å². The molecule has 0 spiro atoms. The van der Waals surface area contributed by atoms with Crippen LogP contribution in [0.3, 0.4) is 0 Å². The van der Waals surface area contributed by atoms with Crippen molar-refractivity contribution in [3.05, 3.63) is 56.6 Å². The third-order valence-electron chi connectivity index (χ3n) is 3.42. The SMILES string of the molecule is CC(=Cc1nc2ccc(F)cc2s1)c1nc2sccc2c(=O)[nH]1. The van der Waals surface area contributed by atoms with Crippen LogP contribution in [0.25, 0.3) is 32.1 Å². The van der Waals surface area contributed by atoms with Crippen molar-refractivity contribution in [2.75, 3.05) is 0 Å². The number of benzene rings is 1. The molecule has 4 aromatic rings. The number of aromatic amines is 1. The van der Waals surface area contributed by atoms with Gasteiger partial charge in [0.2, 0.25) is 0 Å². The molecule has 23 heavy (non-hydrogen) atoms. The Morgan fingerprint density at radius 2 is 2.17 bits per heavy atom. The minimum atomic E-state index is -0.275. The smallest absolute Gasteiger partial charge is 0.259 e. The molecule has 4 rings (SSSR count). The van der Waals surface area contributed by atoms with Gasteiger partial charge in [-0.15, -0.1) is 22.7 Å². The Hall–Kier alpha value is -2.38. The lowest BCUT2D eigenvalue weighted by Gasteiger charge is -1.99. The quantitative estimate of drug-likeness (QED) is 0.590. The van der Waals surface area contributed by atoms with Crippen LogP contribution in [0.4, 0.5) is 4.39 Å². The Kier molecular flexibility index (Phi) is 3.32. The van der Waals surface area contributed by atoms with Gasteiger partial charge in [-0.1, -0.05) is 0 Å². The summed E-state index contributed by atoms with van der Waals surface area (Å²) >= 11 is 2.83. The van der Waals surface area contributed by atoms with E-state index in [0.717, 1.165) is 20.8 Å². The Morgan fingerprint density at radius 3 is 3.04 bits per heavy atom. The minimum Gasteiger partial charge on any atom is -0.306 e. The van der Waals surface area contributed by atoms with Crippen LogP contribution >= 0.6 is 22.7 Å². The maximum Gasteiger partial charge on any atom is 0.259 e. The zero-order valence-electron chi connectivity index (χ0n) is 12.0. The molecule has 0 radical (unpaired) electrons. The van der Waals surface area contributed by atoms with E-state index >= 15 is 0 Å². The van der Waals surface area contributed by atoms with Crippen molar-refractivity contribution in [3.63, 3.8) is 0 Å². The average Bonchev–Trinajstić information content (AvgIpc) is 3.12. The lowest BCUT2D eigenvalue weighted by atomic mass is 10.2. The summed E-state index contributed by atoms with van der Waals surface area (Å²) < 4.78 is 14.0. The molecule has 0 bridgehead atoms. The topological polar surface area (TPSA) is 58.6 Å². The van der Waals surface area contributed by atoms with E-state index in [0.29, 0.717) is 16.0 Å². The van der Waals surface area contributed by atoms with E-state index < -0.39 is 0 Å². The lowest BCUT2D eigenvalue weighted by molar-refractivity contribution is 0.630. The van der Waals surface area contributed by atoms with E-state index in [4.69, 9.17) is 0 Å². The number of rotatable bonds is 2. The molecule has 0 fully saturated rings. The summed E-state index contributed by atoms with van der Waals surface area (Å²) in [6.45, 7) is 1.87. The molecule has 1 N–H and O–H groups in total. The molecule has 0 saturated heterocycles. The third kappa shape index (κ3) is 2.58. The van der Waals surface area contributed by atoms with Crippen molar-refractivity contribution in [1.29, 1.82) is 0 Å². The van der Waals surface area contributed by atoms with Crippen LogP contribution in [-0.4, -0.2) is 15.0 Å². The summed E-state index contributed by atoms with van der Waals surface area (Å²) in [6, 6.07) is 6.28. The monoisotopic (exact) mass is 343 g/mol. The highest BCUT2D eigenvalue weighted by Gasteiger charge is 2.08. The maximum atomic E-state index is 13.3. The van der Waals surface area contributed by atoms with Gasteiger partial charge in [0.15, 0.2) is 0 Å². The van der Waals surface area contributed by atoms with Crippen LogP contribution < -0.4 is 5.56 Å². The molecule has 0 atom stereocenters. The molecule has 4 nitrogen and oxygen atoms in total. The molecule has 1 aromatic carbocycles. The van der Waals surface area contributed by atoms with E-state index in [2.05, 4.69) is 15.0 Å². The molecule has 3 aromatic heterocycles. The first-order chi connectivity index (χ1) is 11.1. The zero-order valence-corrected chi connectivity index (χ0v) is 13.6. The molecule has 114 valence electrons. The van der Waals surface area contributed by atoms with E-state index in [1.54, 1.807) is 12.1 Å². The van der Waals surface area contributed by atoms with Crippen molar-refractivity contribution >= 4 is 54.8 Å². The van der Waals surface area contributed by atoms with Gasteiger partial charge >= 0.3 is 0 Å². The second kappa shape index (κ2) is 5.36. The van der Waals surface area contributed by atoms with E-state index in [1.165, 1.54) is 34.8 Å². The first kappa shape index (κ1) is 14.2. The van der Waals surface area contributed by atoms with Gasteiger partial charge in [0.1, 0.15) is 21.5 Å². The molecule has 0 aliphatic carbocycles. The van der Waals surface area contributed by atoms with Crippen molar-refractivity contribution in [2.24, 2.45) is 0 Å². The molecular weight excluding hydrogens is 333 g/mol. The van der Waals surface area contributed by atoms with Gasteiger partial charge in [-0.25, -0.2) is 14.4 Å². The van der Waals surface area contributed by atoms with E-state index in [9.17, 15) is 9.18 Å². The Morgan fingerprint density at radius 1 is 1.30 bits per heavy atom. The van der Waals surface area contributed by atoms with E-state index in [1.807, 2.05) is 18.4 Å². The first-order valence-electron chi connectivity index (χ1n) is 6.82. The van der Waals surface area contributed by atoms with Gasteiger partial charge < -0.3 is 4.98 Å². The van der Waals surface area contributed by atoms with E-state index in [-0.39, 0.29) is 11.4 Å². The van der Waals surface area contributed by atoms with Gasteiger partial charge in [0.05, 0.1) is 15.6 Å². The first-order valence-corrected chi connectivity index (χ1v) is 8.52. The fourth-order valence-corrected chi connectivity index (χ4v) is 4.04. The van der Waals surface area contributed by atoms with Crippen molar-refractivity contribution < 1.29 is 4.39 Å². The fourth-order valence-electron chi connectivity index (χ4n) is 2.28. The average molecular weight is 343 g/mol. The summed E-state index contributed by atoms with van der Waals surface area (Å²) in [7, 11) is 0. The number of H-pyrrole nitrogens is 1. The summed E-state index contributed by atoms with van der Waals surface area (Å²) in [5, 5.41) is 3.19. The number of fused-ring (bicyclic) bond motifs is 2. The maximum absolute atomic E-state index is 13.3. The largest absolute Gasteiger partial charge is 0.306 e. The number of hydrogen-bond acceptors (Lipinski definition) is 5. The molecule has 0 unspecified atom stereocenters. The molecule has 0 aliphatic heterocycles. The fraction of sp³-hybridized carbons (Fsp3) is 0.0625. The molecule has 0 saturated carbocycles. The molecular formula is C16H10FN3OS2. The predicted molar refractivity (Wildman–Crippen MR) is 93.4 cm³/mol. The summed E-state index contributed by atoms with van der Waals surface area (Å²) in [5.74, 6) is 0.248. The molecule has 3 heterocycles. The number of aromatic nitrogens is 3. The van der Waals surface area contributed by atoms with Gasteiger partial charge in [0, 0.05) is 0 Å².